The van der Waals surface area contributed by atoms with Crippen molar-refractivity contribution in [2.24, 2.45) is 11.8 Å². The number of aromatic amines is 1. The van der Waals surface area contributed by atoms with Gasteiger partial charge in [-0.25, -0.2) is 4.98 Å². The number of nitrogens with zero attached hydrogens (tertiary/aromatic N) is 2. The number of amides is 2. The van der Waals surface area contributed by atoms with E-state index >= 15 is 0 Å². The van der Waals surface area contributed by atoms with Crippen molar-refractivity contribution in [2.75, 3.05) is 33.9 Å². The Bertz CT molecular complexity index is 727. The van der Waals surface area contributed by atoms with E-state index in [2.05, 4.69) is 15.3 Å². The number of likely N-dealkylation sites (tertiary alicyclic amines) is 1. The number of aromatic nitrogens is 2. The van der Waals surface area contributed by atoms with E-state index in [4.69, 9.17) is 4.74 Å². The van der Waals surface area contributed by atoms with E-state index in [0.29, 0.717) is 25.3 Å². The van der Waals surface area contributed by atoms with Gasteiger partial charge in [0.1, 0.15) is 0 Å². The fraction of sp³-hybridized carbons (Fsp3) is 0.438. The van der Waals surface area contributed by atoms with Gasteiger partial charge in [0, 0.05) is 38.7 Å². The van der Waals surface area contributed by atoms with E-state index in [1.165, 1.54) is 0 Å². The summed E-state index contributed by atoms with van der Waals surface area (Å²) in [5.41, 5.74) is 2.24. The minimum Gasteiger partial charge on any atom is -0.384 e. The van der Waals surface area contributed by atoms with Gasteiger partial charge in [0.05, 0.1) is 29.9 Å². The first kappa shape index (κ1) is 15.5. The third kappa shape index (κ3) is 2.92. The summed E-state index contributed by atoms with van der Waals surface area (Å²) >= 11 is 0. The second kappa shape index (κ2) is 6.37. The minimum absolute atomic E-state index is 0.0137. The molecule has 2 heterocycles. The number of hydrogen-bond acceptors (Lipinski definition) is 4. The number of H-pyrrole nitrogens is 1. The number of benzene rings is 1. The molecule has 1 aliphatic heterocycles. The maximum Gasteiger partial charge on any atom is 0.253 e. The first-order valence-electron chi connectivity index (χ1n) is 7.57. The van der Waals surface area contributed by atoms with Crippen LogP contribution in [0.15, 0.2) is 24.5 Å². The number of fused-ring (bicyclic) bond motifs is 1. The second-order valence-electron chi connectivity index (χ2n) is 5.78. The normalized spacial score (nSPS) is 20.9. The van der Waals surface area contributed by atoms with Crippen LogP contribution < -0.4 is 5.32 Å². The van der Waals surface area contributed by atoms with E-state index in [1.807, 2.05) is 6.07 Å². The number of carbonyl (C=O) groups excluding carboxylic acids is 2. The van der Waals surface area contributed by atoms with Crippen LogP contribution in [-0.4, -0.2) is 60.5 Å². The van der Waals surface area contributed by atoms with Gasteiger partial charge in [0.25, 0.3) is 5.91 Å². The molecule has 1 aromatic carbocycles. The van der Waals surface area contributed by atoms with Gasteiger partial charge in [-0.05, 0) is 18.2 Å². The Hall–Kier alpha value is -2.41. The Morgan fingerprint density at radius 1 is 1.43 bits per heavy atom. The third-order valence-corrected chi connectivity index (χ3v) is 4.36. The molecule has 3 rings (SSSR count). The Kier molecular flexibility index (Phi) is 4.29. The third-order valence-electron chi connectivity index (χ3n) is 4.36. The topological polar surface area (TPSA) is 87.3 Å². The van der Waals surface area contributed by atoms with Gasteiger partial charge in [-0.1, -0.05) is 0 Å². The molecule has 0 unspecified atom stereocenters. The molecule has 122 valence electrons. The molecule has 7 nitrogen and oxygen atoms in total. The van der Waals surface area contributed by atoms with Crippen LogP contribution in [0.25, 0.3) is 11.0 Å². The second-order valence-corrected chi connectivity index (χ2v) is 5.78. The summed E-state index contributed by atoms with van der Waals surface area (Å²) in [6, 6.07) is 5.38. The Morgan fingerprint density at radius 2 is 2.26 bits per heavy atom. The van der Waals surface area contributed by atoms with Crippen molar-refractivity contribution in [2.45, 2.75) is 0 Å². The number of carbonyl (C=O) groups is 2. The van der Waals surface area contributed by atoms with Crippen LogP contribution in [0.3, 0.4) is 0 Å². The van der Waals surface area contributed by atoms with Crippen LogP contribution in [0, 0.1) is 11.8 Å². The van der Waals surface area contributed by atoms with Crippen molar-refractivity contribution in [3.8, 4) is 0 Å². The molecule has 2 amide bonds. The first-order valence-corrected chi connectivity index (χ1v) is 7.57. The van der Waals surface area contributed by atoms with Gasteiger partial charge in [-0.3, -0.25) is 9.59 Å². The summed E-state index contributed by atoms with van der Waals surface area (Å²) in [6.07, 6.45) is 1.60. The SMILES string of the molecule is CNC(=O)[C@@H]1CN(C(=O)c2ccc3nc[nH]c3c2)C[C@H]1COC. The Labute approximate surface area is 134 Å². The molecule has 1 aliphatic rings. The number of imidazole rings is 1. The number of rotatable bonds is 4. The predicted molar refractivity (Wildman–Crippen MR) is 84.9 cm³/mol. The fourth-order valence-electron chi connectivity index (χ4n) is 3.15. The molecule has 0 radical (unpaired) electrons. The van der Waals surface area contributed by atoms with E-state index in [9.17, 15) is 9.59 Å². The summed E-state index contributed by atoms with van der Waals surface area (Å²) in [7, 11) is 3.22. The van der Waals surface area contributed by atoms with E-state index in [1.54, 1.807) is 37.5 Å². The quantitative estimate of drug-likeness (QED) is 0.867. The maximum absolute atomic E-state index is 12.7. The van der Waals surface area contributed by atoms with Crippen LogP contribution in [-0.2, 0) is 9.53 Å². The first-order chi connectivity index (χ1) is 11.1. The lowest BCUT2D eigenvalue weighted by Crippen LogP contribution is -2.34. The van der Waals surface area contributed by atoms with E-state index < -0.39 is 0 Å². The van der Waals surface area contributed by atoms with Crippen LogP contribution in [0.4, 0.5) is 0 Å². The van der Waals surface area contributed by atoms with Crippen molar-refractivity contribution >= 4 is 22.8 Å². The fourth-order valence-corrected chi connectivity index (χ4v) is 3.15. The predicted octanol–water partition coefficient (Wildman–Crippen LogP) is 0.643. The Morgan fingerprint density at radius 3 is 3.00 bits per heavy atom. The van der Waals surface area contributed by atoms with Crippen molar-refractivity contribution < 1.29 is 14.3 Å². The van der Waals surface area contributed by atoms with E-state index in [0.717, 1.165) is 11.0 Å². The van der Waals surface area contributed by atoms with Crippen molar-refractivity contribution in [1.29, 1.82) is 0 Å². The molecule has 0 bridgehead atoms. The highest BCUT2D eigenvalue weighted by atomic mass is 16.5. The smallest absolute Gasteiger partial charge is 0.253 e. The van der Waals surface area contributed by atoms with Gasteiger partial charge < -0.3 is 19.9 Å². The molecule has 0 spiro atoms. The number of ether oxygens (including phenoxy) is 1. The number of hydrogen-bond donors (Lipinski definition) is 2. The highest BCUT2D eigenvalue weighted by Crippen LogP contribution is 2.26. The lowest BCUT2D eigenvalue weighted by molar-refractivity contribution is -0.125. The molecule has 23 heavy (non-hydrogen) atoms. The zero-order chi connectivity index (χ0) is 16.4. The summed E-state index contributed by atoms with van der Waals surface area (Å²) in [6.45, 7) is 1.39. The summed E-state index contributed by atoms with van der Waals surface area (Å²) in [5.74, 6) is -0.347. The van der Waals surface area contributed by atoms with Gasteiger partial charge >= 0.3 is 0 Å². The van der Waals surface area contributed by atoms with Crippen LogP contribution in [0.2, 0.25) is 0 Å². The monoisotopic (exact) mass is 316 g/mol. The highest BCUT2D eigenvalue weighted by molar-refractivity contribution is 5.98. The Balaban J connectivity index is 1.80. The van der Waals surface area contributed by atoms with Crippen molar-refractivity contribution in [3.05, 3.63) is 30.1 Å². The number of nitrogens with one attached hydrogen (secondary N) is 2. The van der Waals surface area contributed by atoms with E-state index in [-0.39, 0.29) is 23.7 Å². The minimum atomic E-state index is -0.236. The van der Waals surface area contributed by atoms with Crippen molar-refractivity contribution in [3.63, 3.8) is 0 Å². The van der Waals surface area contributed by atoms with Gasteiger partial charge in [0.15, 0.2) is 0 Å². The largest absolute Gasteiger partial charge is 0.384 e. The molecule has 1 fully saturated rings. The molecule has 1 aromatic heterocycles. The van der Waals surface area contributed by atoms with Crippen LogP contribution in [0.1, 0.15) is 10.4 Å². The maximum atomic E-state index is 12.7. The molecular formula is C16H20N4O3. The molecular weight excluding hydrogens is 296 g/mol. The molecule has 0 aliphatic carbocycles. The molecule has 0 saturated carbocycles. The molecule has 7 heteroatoms. The average molecular weight is 316 g/mol. The summed E-state index contributed by atoms with van der Waals surface area (Å²) < 4.78 is 5.20. The van der Waals surface area contributed by atoms with Gasteiger partial charge in [-0.2, -0.15) is 0 Å². The zero-order valence-corrected chi connectivity index (χ0v) is 13.2. The van der Waals surface area contributed by atoms with Gasteiger partial charge in [-0.15, -0.1) is 0 Å². The number of methoxy groups -OCH3 is 1. The molecule has 2 N–H and O–H groups in total. The van der Waals surface area contributed by atoms with Gasteiger partial charge in [0.2, 0.25) is 5.91 Å². The lowest BCUT2D eigenvalue weighted by Gasteiger charge is -2.16. The molecule has 2 aromatic rings. The van der Waals surface area contributed by atoms with Crippen molar-refractivity contribution in [1.82, 2.24) is 20.2 Å². The molecule has 1 saturated heterocycles. The lowest BCUT2D eigenvalue weighted by atomic mass is 9.96. The van der Waals surface area contributed by atoms with Crippen LogP contribution >= 0.6 is 0 Å². The summed E-state index contributed by atoms with van der Waals surface area (Å²) in [5, 5.41) is 2.67. The van der Waals surface area contributed by atoms with Crippen LogP contribution in [0.5, 0.6) is 0 Å². The molecule has 2 atom stereocenters. The standard InChI is InChI=1S/C16H20N4O3/c1-17-15(21)12-7-20(6-11(12)8-23-2)16(22)10-3-4-13-14(5-10)19-9-18-13/h3-5,9,11-12H,6-8H2,1-2H3,(H,17,21)(H,18,19)/t11-,12+/m0/s1. The highest BCUT2D eigenvalue weighted by Gasteiger charge is 2.39. The average Bonchev–Trinajstić information content (AvgIpc) is 3.19. The summed E-state index contributed by atoms with van der Waals surface area (Å²) in [4.78, 5) is 33.6. The zero-order valence-electron chi connectivity index (χ0n) is 13.2.